The Morgan fingerprint density at radius 2 is 2.31 bits per heavy atom. The second-order valence-corrected chi connectivity index (χ2v) is 4.05. The van der Waals surface area contributed by atoms with Crippen molar-refractivity contribution in [1.82, 2.24) is 4.98 Å². The first kappa shape index (κ1) is 10.1. The molecule has 0 saturated carbocycles. The SMILES string of the molecule is CC(C)(c1cscn1)C(O)C(=O)O. The van der Waals surface area contributed by atoms with E-state index in [0.717, 1.165) is 0 Å². The number of aliphatic carboxylic acids is 1. The molecule has 0 radical (unpaired) electrons. The molecule has 0 saturated heterocycles. The number of aliphatic hydroxyl groups excluding tert-OH is 1. The standard InChI is InChI=1S/C8H11NO3S/c1-8(2,6(10)7(11)12)5-3-13-4-9-5/h3-4,6,10H,1-2H3,(H,11,12). The summed E-state index contributed by atoms with van der Waals surface area (Å²) in [4.78, 5) is 14.6. The molecule has 2 N–H and O–H groups in total. The molecule has 1 rings (SSSR count). The number of aromatic nitrogens is 1. The summed E-state index contributed by atoms with van der Waals surface area (Å²) in [5, 5.41) is 19.8. The van der Waals surface area contributed by atoms with Crippen LogP contribution in [0.15, 0.2) is 10.9 Å². The molecule has 0 fully saturated rings. The molecule has 0 aliphatic rings. The van der Waals surface area contributed by atoms with Crippen LogP contribution in [0.4, 0.5) is 0 Å². The zero-order chi connectivity index (χ0) is 10.1. The van der Waals surface area contributed by atoms with Crippen LogP contribution in [0.3, 0.4) is 0 Å². The van der Waals surface area contributed by atoms with Gasteiger partial charge in [0, 0.05) is 10.8 Å². The summed E-state index contributed by atoms with van der Waals surface area (Å²) in [6, 6.07) is 0. The van der Waals surface area contributed by atoms with Crippen molar-refractivity contribution in [3.8, 4) is 0 Å². The fourth-order valence-electron chi connectivity index (χ4n) is 0.980. The maximum Gasteiger partial charge on any atom is 0.333 e. The van der Waals surface area contributed by atoms with Crippen molar-refractivity contribution in [1.29, 1.82) is 0 Å². The number of rotatable bonds is 3. The Bertz CT molecular complexity index is 294. The number of carboxylic acid groups (broad SMARTS) is 1. The molecule has 4 nitrogen and oxygen atoms in total. The van der Waals surface area contributed by atoms with Gasteiger partial charge in [-0.2, -0.15) is 0 Å². The highest BCUT2D eigenvalue weighted by Gasteiger charge is 2.36. The molecule has 5 heteroatoms. The Kier molecular flexibility index (Phi) is 2.68. The second kappa shape index (κ2) is 3.43. The largest absolute Gasteiger partial charge is 0.479 e. The number of nitrogens with zero attached hydrogens (tertiary/aromatic N) is 1. The molecule has 0 spiro atoms. The van der Waals surface area contributed by atoms with Crippen LogP contribution in [-0.2, 0) is 10.2 Å². The van der Waals surface area contributed by atoms with Crippen molar-refractivity contribution in [3.05, 3.63) is 16.6 Å². The molecule has 1 aromatic heterocycles. The van der Waals surface area contributed by atoms with E-state index in [0.29, 0.717) is 5.69 Å². The molecule has 0 bridgehead atoms. The van der Waals surface area contributed by atoms with E-state index in [2.05, 4.69) is 4.98 Å². The van der Waals surface area contributed by atoms with Gasteiger partial charge in [0.2, 0.25) is 0 Å². The van der Waals surface area contributed by atoms with E-state index in [9.17, 15) is 9.90 Å². The molecule has 1 heterocycles. The number of thiazole rings is 1. The topological polar surface area (TPSA) is 70.4 Å². The molecular formula is C8H11NO3S. The lowest BCUT2D eigenvalue weighted by atomic mass is 9.84. The minimum Gasteiger partial charge on any atom is -0.479 e. The third-order valence-electron chi connectivity index (χ3n) is 2.01. The van der Waals surface area contributed by atoms with Crippen LogP contribution in [0.25, 0.3) is 0 Å². The third-order valence-corrected chi connectivity index (χ3v) is 2.60. The normalized spacial score (nSPS) is 14.1. The van der Waals surface area contributed by atoms with Crippen molar-refractivity contribution >= 4 is 17.3 Å². The summed E-state index contributed by atoms with van der Waals surface area (Å²) in [5.74, 6) is -1.22. The van der Waals surface area contributed by atoms with Crippen LogP contribution in [0.2, 0.25) is 0 Å². The molecule has 1 atom stereocenters. The smallest absolute Gasteiger partial charge is 0.333 e. The molecule has 0 aromatic carbocycles. The fraction of sp³-hybridized carbons (Fsp3) is 0.500. The number of hydrogen-bond donors (Lipinski definition) is 2. The summed E-state index contributed by atoms with van der Waals surface area (Å²) in [7, 11) is 0. The van der Waals surface area contributed by atoms with Gasteiger partial charge in [0.1, 0.15) is 0 Å². The van der Waals surface area contributed by atoms with Gasteiger partial charge in [0.05, 0.1) is 11.2 Å². The van der Waals surface area contributed by atoms with Crippen molar-refractivity contribution in [3.63, 3.8) is 0 Å². The molecule has 72 valence electrons. The maximum atomic E-state index is 10.6. The lowest BCUT2D eigenvalue weighted by Crippen LogP contribution is -2.40. The van der Waals surface area contributed by atoms with E-state index in [-0.39, 0.29) is 0 Å². The summed E-state index contributed by atoms with van der Waals surface area (Å²) in [6.07, 6.45) is -1.42. The maximum absolute atomic E-state index is 10.6. The summed E-state index contributed by atoms with van der Waals surface area (Å²) in [6.45, 7) is 3.31. The number of carbonyl (C=O) groups is 1. The molecule has 0 amide bonds. The highest BCUT2D eigenvalue weighted by atomic mass is 32.1. The van der Waals surface area contributed by atoms with Crippen molar-refractivity contribution in [2.75, 3.05) is 0 Å². The summed E-state index contributed by atoms with van der Waals surface area (Å²) >= 11 is 1.38. The van der Waals surface area contributed by atoms with Crippen LogP contribution in [0.5, 0.6) is 0 Å². The molecule has 1 unspecified atom stereocenters. The Hall–Kier alpha value is -0.940. The van der Waals surface area contributed by atoms with E-state index < -0.39 is 17.5 Å². The molecule has 1 aromatic rings. The first-order valence-electron chi connectivity index (χ1n) is 3.76. The Morgan fingerprint density at radius 3 is 2.69 bits per heavy atom. The zero-order valence-corrected chi connectivity index (χ0v) is 8.21. The summed E-state index contributed by atoms with van der Waals surface area (Å²) < 4.78 is 0. The van der Waals surface area contributed by atoms with Crippen molar-refractivity contribution < 1.29 is 15.0 Å². The Morgan fingerprint density at radius 1 is 1.69 bits per heavy atom. The van der Waals surface area contributed by atoms with Crippen LogP contribution in [0.1, 0.15) is 19.5 Å². The second-order valence-electron chi connectivity index (χ2n) is 3.34. The van der Waals surface area contributed by atoms with Crippen LogP contribution < -0.4 is 0 Å². The van der Waals surface area contributed by atoms with Crippen molar-refractivity contribution in [2.45, 2.75) is 25.4 Å². The van der Waals surface area contributed by atoms with Gasteiger partial charge >= 0.3 is 5.97 Å². The minimum atomic E-state index is -1.42. The number of hydrogen-bond acceptors (Lipinski definition) is 4. The van der Waals surface area contributed by atoms with Gasteiger partial charge in [-0.25, -0.2) is 9.78 Å². The molecular weight excluding hydrogens is 190 g/mol. The lowest BCUT2D eigenvalue weighted by molar-refractivity contribution is -0.150. The van der Waals surface area contributed by atoms with Crippen LogP contribution >= 0.6 is 11.3 Å². The van der Waals surface area contributed by atoms with Gasteiger partial charge in [-0.1, -0.05) is 13.8 Å². The predicted molar refractivity (Wildman–Crippen MR) is 48.8 cm³/mol. The van der Waals surface area contributed by atoms with Gasteiger partial charge in [0.25, 0.3) is 0 Å². The fourth-order valence-corrected chi connectivity index (χ4v) is 1.71. The van der Waals surface area contributed by atoms with Gasteiger partial charge in [-0.3, -0.25) is 0 Å². The molecule has 13 heavy (non-hydrogen) atoms. The van der Waals surface area contributed by atoms with Gasteiger partial charge in [0.15, 0.2) is 6.10 Å². The lowest BCUT2D eigenvalue weighted by Gasteiger charge is -2.25. The zero-order valence-electron chi connectivity index (χ0n) is 7.39. The summed E-state index contributed by atoms with van der Waals surface area (Å²) in [5.41, 5.74) is 1.38. The van der Waals surface area contributed by atoms with E-state index in [4.69, 9.17) is 5.11 Å². The van der Waals surface area contributed by atoms with Gasteiger partial charge < -0.3 is 10.2 Å². The number of carboxylic acids is 1. The Labute approximate surface area is 79.9 Å². The predicted octanol–water partition coefficient (Wildman–Crippen LogP) is 0.866. The van der Waals surface area contributed by atoms with E-state index in [1.165, 1.54) is 11.3 Å². The van der Waals surface area contributed by atoms with Crippen LogP contribution in [0, 0.1) is 0 Å². The average molecular weight is 201 g/mol. The quantitative estimate of drug-likeness (QED) is 0.761. The van der Waals surface area contributed by atoms with Crippen molar-refractivity contribution in [2.24, 2.45) is 0 Å². The highest BCUT2D eigenvalue weighted by molar-refractivity contribution is 7.07. The van der Waals surface area contributed by atoms with Gasteiger partial charge in [-0.15, -0.1) is 11.3 Å². The third kappa shape index (κ3) is 1.87. The monoisotopic (exact) mass is 201 g/mol. The first-order chi connectivity index (χ1) is 5.96. The van der Waals surface area contributed by atoms with E-state index in [1.807, 2.05) is 0 Å². The average Bonchev–Trinajstić information content (AvgIpc) is 2.54. The van der Waals surface area contributed by atoms with E-state index >= 15 is 0 Å². The Balaban J connectivity index is 2.95. The minimum absolute atomic E-state index is 0.604. The van der Waals surface area contributed by atoms with E-state index in [1.54, 1.807) is 24.7 Å². The molecule has 0 aliphatic carbocycles. The van der Waals surface area contributed by atoms with Crippen LogP contribution in [-0.4, -0.2) is 27.3 Å². The highest BCUT2D eigenvalue weighted by Crippen LogP contribution is 2.26. The first-order valence-corrected chi connectivity index (χ1v) is 4.70. The number of aliphatic hydroxyl groups is 1. The molecule has 0 aliphatic heterocycles. The van der Waals surface area contributed by atoms with Gasteiger partial charge in [-0.05, 0) is 0 Å².